The van der Waals surface area contributed by atoms with Crippen molar-refractivity contribution in [1.82, 2.24) is 10.6 Å². The van der Waals surface area contributed by atoms with Crippen molar-refractivity contribution in [3.05, 3.63) is 95.6 Å². The number of carboxylic acids is 1. The van der Waals surface area contributed by atoms with Crippen molar-refractivity contribution in [2.24, 2.45) is 5.92 Å². The van der Waals surface area contributed by atoms with Gasteiger partial charge in [0.15, 0.2) is 0 Å². The van der Waals surface area contributed by atoms with Crippen molar-refractivity contribution in [3.8, 4) is 11.1 Å². The van der Waals surface area contributed by atoms with Gasteiger partial charge in [0.2, 0.25) is 5.91 Å². The number of rotatable bonds is 13. The minimum Gasteiger partial charge on any atom is -0.481 e. The Morgan fingerprint density at radius 1 is 0.897 bits per heavy atom. The third kappa shape index (κ3) is 7.67. The van der Waals surface area contributed by atoms with Crippen LogP contribution in [-0.4, -0.2) is 48.9 Å². The van der Waals surface area contributed by atoms with E-state index in [1.807, 2.05) is 85.8 Å². The third-order valence-electron chi connectivity index (χ3n) is 6.74. The second-order valence-corrected chi connectivity index (χ2v) is 9.81. The summed E-state index contributed by atoms with van der Waals surface area (Å²) in [5.74, 6) is -1.61. The highest BCUT2D eigenvalue weighted by molar-refractivity contribution is 5.86. The molecular formula is C31H34N2O6. The van der Waals surface area contributed by atoms with Crippen molar-refractivity contribution < 1.29 is 29.0 Å². The highest BCUT2D eigenvalue weighted by Crippen LogP contribution is 2.44. The molecule has 4 rings (SSSR count). The van der Waals surface area contributed by atoms with Crippen LogP contribution in [0.3, 0.4) is 0 Å². The Morgan fingerprint density at radius 3 is 2.15 bits per heavy atom. The SMILES string of the molecule is CC(CNC(=O)C(CCC(=O)O)NC(=O)OCC1c2ccccc2-c2ccccc21)COCc1ccccc1. The van der Waals surface area contributed by atoms with Gasteiger partial charge in [-0.25, -0.2) is 4.79 Å². The average molecular weight is 531 g/mol. The molecule has 0 bridgehead atoms. The molecule has 0 saturated heterocycles. The molecular weight excluding hydrogens is 496 g/mol. The molecule has 8 nitrogen and oxygen atoms in total. The Balaban J connectivity index is 1.28. The fraction of sp³-hybridized carbons (Fsp3) is 0.323. The highest BCUT2D eigenvalue weighted by atomic mass is 16.5. The summed E-state index contributed by atoms with van der Waals surface area (Å²) in [4.78, 5) is 36.7. The fourth-order valence-electron chi connectivity index (χ4n) is 4.73. The van der Waals surface area contributed by atoms with Gasteiger partial charge in [-0.1, -0.05) is 85.8 Å². The van der Waals surface area contributed by atoms with Crippen molar-refractivity contribution in [1.29, 1.82) is 0 Å². The quantitative estimate of drug-likeness (QED) is 0.295. The van der Waals surface area contributed by atoms with Crippen LogP contribution in [0.4, 0.5) is 4.79 Å². The van der Waals surface area contributed by atoms with E-state index in [4.69, 9.17) is 14.6 Å². The molecule has 1 aliphatic rings. The molecule has 3 N–H and O–H groups in total. The Kier molecular flexibility index (Phi) is 9.69. The van der Waals surface area contributed by atoms with E-state index >= 15 is 0 Å². The predicted molar refractivity (Wildman–Crippen MR) is 147 cm³/mol. The molecule has 0 aromatic heterocycles. The first-order valence-electron chi connectivity index (χ1n) is 13.1. The zero-order valence-corrected chi connectivity index (χ0v) is 22.0. The zero-order chi connectivity index (χ0) is 27.6. The molecule has 0 heterocycles. The number of nitrogens with one attached hydrogen (secondary N) is 2. The van der Waals surface area contributed by atoms with Crippen molar-refractivity contribution in [2.75, 3.05) is 19.8 Å². The van der Waals surface area contributed by atoms with Gasteiger partial charge in [-0.3, -0.25) is 9.59 Å². The molecule has 0 aliphatic heterocycles. The summed E-state index contributed by atoms with van der Waals surface area (Å²) < 4.78 is 11.3. The van der Waals surface area contributed by atoms with Gasteiger partial charge in [-0.05, 0) is 40.2 Å². The van der Waals surface area contributed by atoms with Crippen LogP contribution in [0.25, 0.3) is 11.1 Å². The normalized spacial score (nSPS) is 13.6. The van der Waals surface area contributed by atoms with Gasteiger partial charge in [-0.2, -0.15) is 0 Å². The van der Waals surface area contributed by atoms with E-state index in [-0.39, 0.29) is 31.3 Å². The summed E-state index contributed by atoms with van der Waals surface area (Å²) in [5.41, 5.74) is 5.45. The number of benzene rings is 3. The molecule has 8 heteroatoms. The average Bonchev–Trinajstić information content (AvgIpc) is 3.27. The van der Waals surface area contributed by atoms with Gasteiger partial charge in [-0.15, -0.1) is 0 Å². The molecule has 1 aliphatic carbocycles. The van der Waals surface area contributed by atoms with Gasteiger partial charge < -0.3 is 25.2 Å². The molecule has 3 aromatic rings. The summed E-state index contributed by atoms with van der Waals surface area (Å²) in [7, 11) is 0. The topological polar surface area (TPSA) is 114 Å². The molecule has 2 amide bonds. The molecule has 39 heavy (non-hydrogen) atoms. The number of fused-ring (bicyclic) bond motifs is 3. The number of alkyl carbamates (subject to hydrolysis) is 1. The summed E-state index contributed by atoms with van der Waals surface area (Å²) in [6.07, 6.45) is -1.08. The van der Waals surface area contributed by atoms with E-state index in [0.29, 0.717) is 19.8 Å². The minimum absolute atomic E-state index is 0.0206. The fourth-order valence-corrected chi connectivity index (χ4v) is 4.73. The maximum Gasteiger partial charge on any atom is 0.407 e. The Morgan fingerprint density at radius 2 is 1.51 bits per heavy atom. The first kappa shape index (κ1) is 27.9. The van der Waals surface area contributed by atoms with Crippen LogP contribution in [0.1, 0.15) is 42.4 Å². The lowest BCUT2D eigenvalue weighted by Crippen LogP contribution is -2.48. The van der Waals surface area contributed by atoms with Crippen LogP contribution in [0.15, 0.2) is 78.9 Å². The van der Waals surface area contributed by atoms with Crippen LogP contribution in [0.2, 0.25) is 0 Å². The van der Waals surface area contributed by atoms with Crippen molar-refractivity contribution in [2.45, 2.75) is 38.3 Å². The number of carbonyl (C=O) groups excluding carboxylic acids is 2. The lowest BCUT2D eigenvalue weighted by molar-refractivity contribution is -0.137. The Bertz CT molecular complexity index is 1230. The molecule has 0 saturated carbocycles. The second kappa shape index (κ2) is 13.6. The molecule has 3 aromatic carbocycles. The van der Waals surface area contributed by atoms with Crippen molar-refractivity contribution in [3.63, 3.8) is 0 Å². The van der Waals surface area contributed by atoms with Crippen LogP contribution in [0, 0.1) is 5.92 Å². The smallest absolute Gasteiger partial charge is 0.407 e. The number of hydrogen-bond donors (Lipinski definition) is 3. The molecule has 204 valence electrons. The minimum atomic E-state index is -1.05. The summed E-state index contributed by atoms with van der Waals surface area (Å²) in [5, 5.41) is 14.5. The van der Waals surface area contributed by atoms with Crippen LogP contribution in [-0.2, 0) is 25.7 Å². The molecule has 2 unspecified atom stereocenters. The number of carbonyl (C=O) groups is 3. The second-order valence-electron chi connectivity index (χ2n) is 9.81. The lowest BCUT2D eigenvalue weighted by Gasteiger charge is -2.20. The molecule has 2 atom stereocenters. The largest absolute Gasteiger partial charge is 0.481 e. The number of hydrogen-bond acceptors (Lipinski definition) is 5. The van der Waals surface area contributed by atoms with Gasteiger partial charge >= 0.3 is 12.1 Å². The van der Waals surface area contributed by atoms with Gasteiger partial charge in [0.1, 0.15) is 12.6 Å². The van der Waals surface area contributed by atoms with Gasteiger partial charge in [0, 0.05) is 18.9 Å². The van der Waals surface area contributed by atoms with Crippen molar-refractivity contribution >= 4 is 18.0 Å². The lowest BCUT2D eigenvalue weighted by atomic mass is 9.98. The first-order valence-corrected chi connectivity index (χ1v) is 13.1. The molecule has 0 spiro atoms. The number of amides is 2. The first-order chi connectivity index (χ1) is 18.9. The number of carboxylic acid groups (broad SMARTS) is 1. The van der Waals surface area contributed by atoms with Gasteiger partial charge in [0.25, 0.3) is 0 Å². The van der Waals surface area contributed by atoms with Gasteiger partial charge in [0.05, 0.1) is 13.2 Å². The number of ether oxygens (including phenoxy) is 2. The molecule has 0 fully saturated rings. The van der Waals surface area contributed by atoms with Crippen LogP contribution >= 0.6 is 0 Å². The van der Waals surface area contributed by atoms with E-state index < -0.39 is 24.0 Å². The van der Waals surface area contributed by atoms with E-state index in [0.717, 1.165) is 27.8 Å². The summed E-state index contributed by atoms with van der Waals surface area (Å²) in [6.45, 7) is 3.28. The van der Waals surface area contributed by atoms with E-state index in [1.165, 1.54) is 0 Å². The zero-order valence-electron chi connectivity index (χ0n) is 22.0. The Hall–Kier alpha value is -4.17. The molecule has 0 radical (unpaired) electrons. The maximum atomic E-state index is 12.9. The van der Waals surface area contributed by atoms with E-state index in [1.54, 1.807) is 0 Å². The third-order valence-corrected chi connectivity index (χ3v) is 6.74. The Labute approximate surface area is 228 Å². The van der Waals surface area contributed by atoms with E-state index in [9.17, 15) is 14.4 Å². The standard InChI is InChI=1S/C31H34N2O6/c1-21(18-38-19-22-9-3-2-4-10-22)17-32-30(36)28(15-16-29(34)35)33-31(37)39-20-27-25-13-7-5-11-23(25)24-12-6-8-14-26(24)27/h2-14,21,27-28H,15-20H2,1H3,(H,32,36)(H,33,37)(H,34,35). The summed E-state index contributed by atoms with van der Waals surface area (Å²) >= 11 is 0. The maximum absolute atomic E-state index is 12.9. The predicted octanol–water partition coefficient (Wildman–Crippen LogP) is 4.73. The van der Waals surface area contributed by atoms with E-state index in [2.05, 4.69) is 10.6 Å². The monoisotopic (exact) mass is 530 g/mol. The number of aliphatic carboxylic acids is 1. The van der Waals surface area contributed by atoms with Crippen LogP contribution < -0.4 is 10.6 Å². The van der Waals surface area contributed by atoms with Crippen LogP contribution in [0.5, 0.6) is 0 Å². The highest BCUT2D eigenvalue weighted by Gasteiger charge is 2.30. The summed E-state index contributed by atoms with van der Waals surface area (Å²) in [6, 6.07) is 24.8.